The molecule has 1 aliphatic heterocycles. The van der Waals surface area contributed by atoms with Crippen molar-refractivity contribution in [3.63, 3.8) is 0 Å². The predicted octanol–water partition coefficient (Wildman–Crippen LogP) is 2.90. The maximum Gasteiger partial charge on any atom is 0.261 e. The largest absolute Gasteiger partial charge is 0.338 e. The molecular formula is C23H21N5O2. The lowest BCUT2D eigenvalue weighted by molar-refractivity contribution is -0.130. The summed E-state index contributed by atoms with van der Waals surface area (Å²) in [7, 11) is 1.75. The molecule has 2 aromatic heterocycles. The van der Waals surface area contributed by atoms with Crippen LogP contribution in [0.3, 0.4) is 0 Å². The summed E-state index contributed by atoms with van der Waals surface area (Å²) >= 11 is 0. The van der Waals surface area contributed by atoms with E-state index in [1.807, 2.05) is 36.5 Å². The van der Waals surface area contributed by atoms with Crippen LogP contribution in [0.25, 0.3) is 32.9 Å². The third kappa shape index (κ3) is 2.66. The summed E-state index contributed by atoms with van der Waals surface area (Å²) in [4.78, 5) is 31.3. The van der Waals surface area contributed by atoms with Gasteiger partial charge < -0.3 is 4.90 Å². The maximum atomic E-state index is 13.2. The summed E-state index contributed by atoms with van der Waals surface area (Å²) in [5.74, 6) is 0.671. The standard InChI is InChI=1S/C23H21N5O2/c1-4-20(29)28-11-15(12-28)22-25-18-8-6-14(9-16(18)23(30)27(22)3)21-13(2)5-7-19-17(21)10-24-26-19/h4-10,15H,1,11-12H2,2-3H3,(H,24,26). The van der Waals surface area contributed by atoms with Gasteiger partial charge in [0.25, 0.3) is 5.56 Å². The van der Waals surface area contributed by atoms with Crippen molar-refractivity contribution >= 4 is 27.7 Å². The topological polar surface area (TPSA) is 83.9 Å². The molecule has 1 saturated heterocycles. The van der Waals surface area contributed by atoms with E-state index in [4.69, 9.17) is 4.98 Å². The molecule has 1 fully saturated rings. The van der Waals surface area contributed by atoms with Gasteiger partial charge in [0.1, 0.15) is 5.82 Å². The Bertz CT molecular complexity index is 1390. The molecule has 0 spiro atoms. The van der Waals surface area contributed by atoms with Crippen LogP contribution in [0.15, 0.2) is 54.0 Å². The Kier molecular flexibility index (Phi) is 4.06. The Morgan fingerprint density at radius 1 is 1.23 bits per heavy atom. The van der Waals surface area contributed by atoms with Gasteiger partial charge in [-0.3, -0.25) is 19.3 Å². The highest BCUT2D eigenvalue weighted by molar-refractivity contribution is 5.98. The SMILES string of the molecule is C=CC(=O)N1CC(c2nc3ccc(-c4c(C)ccc5[nH]ncc45)cc3c(=O)n2C)C1. The van der Waals surface area contributed by atoms with Crippen LogP contribution in [-0.2, 0) is 11.8 Å². The number of aryl methyl sites for hydroxylation is 1. The van der Waals surface area contributed by atoms with E-state index in [0.29, 0.717) is 29.8 Å². The Balaban J connectivity index is 1.60. The number of hydrogen-bond acceptors (Lipinski definition) is 4. The maximum absolute atomic E-state index is 13.2. The van der Waals surface area contributed by atoms with Gasteiger partial charge in [-0.1, -0.05) is 18.7 Å². The van der Waals surface area contributed by atoms with E-state index in [9.17, 15) is 9.59 Å². The first-order valence-corrected chi connectivity index (χ1v) is 9.83. The number of H-pyrrole nitrogens is 1. The molecule has 0 atom stereocenters. The van der Waals surface area contributed by atoms with Gasteiger partial charge in [0.2, 0.25) is 5.91 Å². The second kappa shape index (κ2) is 6.66. The Morgan fingerprint density at radius 2 is 2.03 bits per heavy atom. The zero-order valence-electron chi connectivity index (χ0n) is 16.8. The number of fused-ring (bicyclic) bond motifs is 2. The first-order chi connectivity index (χ1) is 14.5. The Hall–Kier alpha value is -3.74. The number of nitrogens with one attached hydrogen (secondary N) is 1. The van der Waals surface area contributed by atoms with Crippen LogP contribution < -0.4 is 5.56 Å². The van der Waals surface area contributed by atoms with Crippen LogP contribution in [0.1, 0.15) is 17.3 Å². The number of nitrogens with zero attached hydrogens (tertiary/aromatic N) is 4. The van der Waals surface area contributed by atoms with Crippen LogP contribution in [0, 0.1) is 6.92 Å². The van der Waals surface area contributed by atoms with Crippen LogP contribution in [0.2, 0.25) is 0 Å². The molecule has 2 aromatic carbocycles. The van der Waals surface area contributed by atoms with Gasteiger partial charge in [0.05, 0.1) is 28.5 Å². The molecule has 5 rings (SSSR count). The van der Waals surface area contributed by atoms with E-state index < -0.39 is 0 Å². The number of hydrogen-bond donors (Lipinski definition) is 1. The van der Waals surface area contributed by atoms with Crippen LogP contribution >= 0.6 is 0 Å². The van der Waals surface area contributed by atoms with Gasteiger partial charge in [-0.25, -0.2) is 4.98 Å². The van der Waals surface area contributed by atoms with Gasteiger partial charge in [-0.2, -0.15) is 5.10 Å². The monoisotopic (exact) mass is 399 g/mol. The molecule has 1 N–H and O–H groups in total. The van der Waals surface area contributed by atoms with E-state index >= 15 is 0 Å². The molecule has 0 saturated carbocycles. The number of rotatable bonds is 3. The summed E-state index contributed by atoms with van der Waals surface area (Å²) in [6, 6.07) is 9.87. The molecule has 1 aliphatic rings. The predicted molar refractivity (Wildman–Crippen MR) is 116 cm³/mol. The quantitative estimate of drug-likeness (QED) is 0.537. The molecule has 150 valence electrons. The summed E-state index contributed by atoms with van der Waals surface area (Å²) in [6.45, 7) is 6.68. The van der Waals surface area contributed by atoms with E-state index in [1.165, 1.54) is 6.08 Å². The molecule has 3 heterocycles. The van der Waals surface area contributed by atoms with Gasteiger partial charge in [-0.05, 0) is 47.9 Å². The highest BCUT2D eigenvalue weighted by Crippen LogP contribution is 2.33. The second-order valence-electron chi connectivity index (χ2n) is 7.80. The van der Waals surface area contributed by atoms with Gasteiger partial charge in [0.15, 0.2) is 0 Å². The summed E-state index contributed by atoms with van der Waals surface area (Å²) in [6.07, 6.45) is 3.13. The number of aromatic nitrogens is 4. The zero-order chi connectivity index (χ0) is 21.0. The lowest BCUT2D eigenvalue weighted by atomic mass is 9.95. The normalized spacial score (nSPS) is 14.3. The minimum Gasteiger partial charge on any atom is -0.338 e. The van der Waals surface area contributed by atoms with Crippen molar-refractivity contribution < 1.29 is 4.79 Å². The minimum absolute atomic E-state index is 0.0533. The fraction of sp³-hybridized carbons (Fsp3) is 0.217. The molecule has 7 nitrogen and oxygen atoms in total. The van der Waals surface area contributed by atoms with Crippen LogP contribution in [0.4, 0.5) is 0 Å². The molecule has 4 aromatic rings. The summed E-state index contributed by atoms with van der Waals surface area (Å²) < 4.78 is 1.61. The van der Waals surface area contributed by atoms with Crippen molar-refractivity contribution in [2.24, 2.45) is 7.05 Å². The van der Waals surface area contributed by atoms with Crippen LogP contribution in [-0.4, -0.2) is 43.6 Å². The Labute approximate surface area is 172 Å². The third-order valence-corrected chi connectivity index (χ3v) is 5.96. The zero-order valence-corrected chi connectivity index (χ0v) is 16.8. The number of amides is 1. The van der Waals surface area contributed by atoms with Crippen molar-refractivity contribution in [1.82, 2.24) is 24.6 Å². The van der Waals surface area contributed by atoms with Gasteiger partial charge >= 0.3 is 0 Å². The van der Waals surface area contributed by atoms with E-state index in [2.05, 4.69) is 23.7 Å². The summed E-state index contributed by atoms with van der Waals surface area (Å²) in [5.41, 5.74) is 4.69. The van der Waals surface area contributed by atoms with Crippen molar-refractivity contribution in [2.45, 2.75) is 12.8 Å². The van der Waals surface area contributed by atoms with Gasteiger partial charge in [-0.15, -0.1) is 0 Å². The number of carbonyl (C=O) groups excluding carboxylic acids is 1. The molecule has 0 bridgehead atoms. The van der Waals surface area contributed by atoms with Crippen molar-refractivity contribution in [1.29, 1.82) is 0 Å². The molecule has 1 amide bonds. The number of aromatic amines is 1. The highest BCUT2D eigenvalue weighted by atomic mass is 16.2. The van der Waals surface area contributed by atoms with E-state index in [0.717, 1.165) is 27.6 Å². The number of carbonyl (C=O) groups is 1. The number of likely N-dealkylation sites (tertiary alicyclic amines) is 1. The molecule has 30 heavy (non-hydrogen) atoms. The average Bonchev–Trinajstić information content (AvgIpc) is 3.18. The third-order valence-electron chi connectivity index (χ3n) is 5.96. The van der Waals surface area contributed by atoms with Crippen molar-refractivity contribution in [2.75, 3.05) is 13.1 Å². The Morgan fingerprint density at radius 3 is 2.80 bits per heavy atom. The fourth-order valence-electron chi connectivity index (χ4n) is 4.27. The van der Waals surface area contributed by atoms with E-state index in [-0.39, 0.29) is 17.4 Å². The lowest BCUT2D eigenvalue weighted by Crippen LogP contribution is -2.49. The van der Waals surface area contributed by atoms with E-state index in [1.54, 1.807) is 16.5 Å². The number of benzene rings is 2. The molecule has 0 radical (unpaired) electrons. The highest BCUT2D eigenvalue weighted by Gasteiger charge is 2.33. The first kappa shape index (κ1) is 18.3. The first-order valence-electron chi connectivity index (χ1n) is 9.83. The minimum atomic E-state index is -0.0922. The van der Waals surface area contributed by atoms with Crippen LogP contribution in [0.5, 0.6) is 0 Å². The molecule has 7 heteroatoms. The lowest BCUT2D eigenvalue weighted by Gasteiger charge is -2.38. The average molecular weight is 399 g/mol. The molecule has 0 unspecified atom stereocenters. The molecule has 0 aliphatic carbocycles. The van der Waals surface area contributed by atoms with Gasteiger partial charge in [0, 0.05) is 25.5 Å². The molecular weight excluding hydrogens is 378 g/mol. The van der Waals surface area contributed by atoms with Crippen molar-refractivity contribution in [3.05, 3.63) is 70.9 Å². The second-order valence-corrected chi connectivity index (χ2v) is 7.80. The van der Waals surface area contributed by atoms with Crippen molar-refractivity contribution in [3.8, 4) is 11.1 Å². The fourth-order valence-corrected chi connectivity index (χ4v) is 4.27. The smallest absolute Gasteiger partial charge is 0.261 e. The summed E-state index contributed by atoms with van der Waals surface area (Å²) in [5, 5.41) is 8.76.